The van der Waals surface area contributed by atoms with Crippen LogP contribution in [-0.4, -0.2) is 35.5 Å². The molecule has 4 rings (SSSR count). The van der Waals surface area contributed by atoms with Crippen LogP contribution in [0.2, 0.25) is 10.0 Å². The highest BCUT2D eigenvalue weighted by Crippen LogP contribution is 2.71. The third-order valence-electron chi connectivity index (χ3n) is 6.21. The van der Waals surface area contributed by atoms with Crippen LogP contribution in [0.15, 0.2) is 18.2 Å². The van der Waals surface area contributed by atoms with Crippen LogP contribution in [-0.2, 0) is 14.9 Å². The van der Waals surface area contributed by atoms with E-state index in [-0.39, 0.29) is 17.4 Å². The van der Waals surface area contributed by atoms with E-state index in [2.05, 4.69) is 0 Å². The third kappa shape index (κ3) is 3.15. The molecule has 0 N–H and O–H groups in total. The summed E-state index contributed by atoms with van der Waals surface area (Å²) in [5, 5.41) is 1.03. The summed E-state index contributed by atoms with van der Waals surface area (Å²) in [7, 11) is 0. The number of piperidine rings is 1. The van der Waals surface area contributed by atoms with Gasteiger partial charge in [-0.05, 0) is 64.2 Å². The normalized spacial score (nSPS) is 29.9. The van der Waals surface area contributed by atoms with Crippen molar-refractivity contribution in [2.45, 2.75) is 57.5 Å². The van der Waals surface area contributed by atoms with E-state index < -0.39 is 11.0 Å². The van der Waals surface area contributed by atoms with Crippen LogP contribution in [0.3, 0.4) is 0 Å². The molecule has 2 saturated carbocycles. The summed E-state index contributed by atoms with van der Waals surface area (Å²) in [6.45, 7) is 6.58. The van der Waals surface area contributed by atoms with Gasteiger partial charge in [-0.15, -0.1) is 0 Å². The zero-order valence-corrected chi connectivity index (χ0v) is 17.5. The molecular formula is C21H25Cl2NO3. The number of hydrogen-bond acceptors (Lipinski definition) is 3. The first kappa shape index (κ1) is 19.1. The number of halogens is 2. The Morgan fingerprint density at radius 1 is 1.19 bits per heavy atom. The molecule has 0 aromatic heterocycles. The molecule has 1 amide bonds. The van der Waals surface area contributed by atoms with E-state index in [4.69, 9.17) is 27.9 Å². The Kier molecular flexibility index (Phi) is 4.32. The van der Waals surface area contributed by atoms with Crippen molar-refractivity contribution in [1.29, 1.82) is 0 Å². The molecule has 1 aliphatic heterocycles. The van der Waals surface area contributed by atoms with Crippen molar-refractivity contribution < 1.29 is 14.3 Å². The van der Waals surface area contributed by atoms with Crippen LogP contribution in [0.5, 0.6) is 0 Å². The fourth-order valence-electron chi connectivity index (χ4n) is 4.67. The topological polar surface area (TPSA) is 46.6 Å². The van der Waals surface area contributed by atoms with Crippen LogP contribution >= 0.6 is 23.2 Å². The van der Waals surface area contributed by atoms with Crippen LogP contribution < -0.4 is 0 Å². The molecule has 1 saturated heterocycles. The molecule has 0 bridgehead atoms. The van der Waals surface area contributed by atoms with Gasteiger partial charge in [-0.1, -0.05) is 29.3 Å². The maximum absolute atomic E-state index is 13.3. The fraction of sp³-hybridized carbons (Fsp3) is 0.619. The van der Waals surface area contributed by atoms with Gasteiger partial charge in [0.1, 0.15) is 11.4 Å². The van der Waals surface area contributed by atoms with Crippen LogP contribution in [0.1, 0.15) is 52.0 Å². The molecule has 2 unspecified atom stereocenters. The quantitative estimate of drug-likeness (QED) is 0.685. The van der Waals surface area contributed by atoms with Crippen molar-refractivity contribution in [3.05, 3.63) is 33.8 Å². The van der Waals surface area contributed by atoms with E-state index >= 15 is 0 Å². The van der Waals surface area contributed by atoms with Crippen molar-refractivity contribution >= 4 is 35.1 Å². The summed E-state index contributed by atoms with van der Waals surface area (Å²) in [5.41, 5.74) is -0.235. The number of ketones is 1. The van der Waals surface area contributed by atoms with Gasteiger partial charge in [0, 0.05) is 24.4 Å². The molecule has 1 heterocycles. The van der Waals surface area contributed by atoms with Gasteiger partial charge < -0.3 is 9.64 Å². The van der Waals surface area contributed by atoms with E-state index in [0.29, 0.717) is 28.9 Å². The molecule has 6 heteroatoms. The Morgan fingerprint density at radius 3 is 2.48 bits per heavy atom. The molecule has 2 atom stereocenters. The smallest absolute Gasteiger partial charge is 0.410 e. The first-order valence-electron chi connectivity index (χ1n) is 9.56. The first-order valence-corrected chi connectivity index (χ1v) is 10.3. The van der Waals surface area contributed by atoms with Crippen LogP contribution in [0.25, 0.3) is 0 Å². The molecule has 0 radical (unpaired) electrons. The maximum Gasteiger partial charge on any atom is 0.410 e. The zero-order valence-electron chi connectivity index (χ0n) is 16.0. The summed E-state index contributed by atoms with van der Waals surface area (Å²) in [6.07, 6.45) is 3.10. The van der Waals surface area contributed by atoms with Crippen LogP contribution in [0.4, 0.5) is 4.79 Å². The van der Waals surface area contributed by atoms with Gasteiger partial charge >= 0.3 is 6.09 Å². The predicted molar refractivity (Wildman–Crippen MR) is 105 cm³/mol. The number of nitrogens with zero attached hydrogens (tertiary/aromatic N) is 1. The average Bonchev–Trinajstić information content (AvgIpc) is 3.48. The highest BCUT2D eigenvalue weighted by Gasteiger charge is 2.75. The largest absolute Gasteiger partial charge is 0.444 e. The Labute approximate surface area is 170 Å². The number of ether oxygens (including phenoxy) is 1. The number of rotatable bonds is 3. The standard InChI is InChI=1S/C21H25Cl2NO3/c1-19(2,3)27-18(26)24-9-8-20(14-6-7-15(22)16(23)10-14)11-21(20,12-24)17(25)13-4-5-13/h6-7,10,13H,4-5,8-9,11-12H2,1-3H3. The molecule has 3 fully saturated rings. The number of likely N-dealkylation sites (tertiary alicyclic amines) is 1. The lowest BCUT2D eigenvalue weighted by Crippen LogP contribution is -2.49. The lowest BCUT2D eigenvalue weighted by Gasteiger charge is -2.38. The molecule has 1 aromatic rings. The lowest BCUT2D eigenvalue weighted by atomic mass is 9.77. The second kappa shape index (κ2) is 6.12. The number of carbonyl (C=O) groups is 2. The highest BCUT2D eigenvalue weighted by atomic mass is 35.5. The minimum atomic E-state index is -0.549. The summed E-state index contributed by atoms with van der Waals surface area (Å²) >= 11 is 12.4. The van der Waals surface area contributed by atoms with E-state index in [0.717, 1.165) is 31.2 Å². The van der Waals surface area contributed by atoms with Gasteiger partial charge in [-0.25, -0.2) is 4.79 Å². The number of hydrogen-bond donors (Lipinski definition) is 0. The average molecular weight is 410 g/mol. The summed E-state index contributed by atoms with van der Waals surface area (Å²) in [4.78, 5) is 27.6. The monoisotopic (exact) mass is 409 g/mol. The summed E-state index contributed by atoms with van der Waals surface area (Å²) < 4.78 is 5.56. The van der Waals surface area contributed by atoms with Gasteiger partial charge in [0.05, 0.1) is 15.5 Å². The number of carbonyl (C=O) groups excluding carboxylic acids is 2. The summed E-state index contributed by atoms with van der Waals surface area (Å²) in [5.74, 6) is 0.454. The van der Waals surface area contributed by atoms with E-state index in [1.807, 2.05) is 32.9 Å². The Bertz CT molecular complexity index is 814. The van der Waals surface area contributed by atoms with Gasteiger partial charge in [0.25, 0.3) is 0 Å². The lowest BCUT2D eigenvalue weighted by molar-refractivity contribution is -0.127. The van der Waals surface area contributed by atoms with Crippen LogP contribution in [0, 0.1) is 11.3 Å². The molecular weight excluding hydrogens is 385 g/mol. The zero-order chi connectivity index (χ0) is 19.6. The van der Waals surface area contributed by atoms with Crippen molar-refractivity contribution in [3.8, 4) is 0 Å². The minimum Gasteiger partial charge on any atom is -0.444 e. The number of amides is 1. The predicted octanol–water partition coefficient (Wildman–Crippen LogP) is 5.24. The Balaban J connectivity index is 1.64. The second-order valence-corrected chi connectivity index (χ2v) is 10.1. The van der Waals surface area contributed by atoms with Gasteiger partial charge in [0.2, 0.25) is 0 Å². The molecule has 4 nitrogen and oxygen atoms in total. The molecule has 27 heavy (non-hydrogen) atoms. The molecule has 3 aliphatic rings. The highest BCUT2D eigenvalue weighted by molar-refractivity contribution is 6.42. The molecule has 146 valence electrons. The number of benzene rings is 1. The number of fused-ring (bicyclic) bond motifs is 1. The minimum absolute atomic E-state index is 0.147. The SMILES string of the molecule is CC(C)(C)OC(=O)N1CCC2(c3ccc(Cl)c(Cl)c3)CC2(C(=O)C2CC2)C1. The van der Waals surface area contributed by atoms with Crippen molar-refractivity contribution in [2.75, 3.05) is 13.1 Å². The first-order chi connectivity index (χ1) is 12.6. The van der Waals surface area contributed by atoms with Gasteiger partial charge in [-0.2, -0.15) is 0 Å². The van der Waals surface area contributed by atoms with E-state index in [1.165, 1.54) is 0 Å². The van der Waals surface area contributed by atoms with Crippen molar-refractivity contribution in [2.24, 2.45) is 11.3 Å². The second-order valence-electron chi connectivity index (χ2n) is 9.26. The van der Waals surface area contributed by atoms with E-state index in [1.54, 1.807) is 11.0 Å². The third-order valence-corrected chi connectivity index (χ3v) is 6.95. The number of Topliss-reactive ketones (excluding diaryl/α,β-unsaturated/α-hetero) is 1. The molecule has 2 aliphatic carbocycles. The van der Waals surface area contributed by atoms with Crippen molar-refractivity contribution in [3.63, 3.8) is 0 Å². The maximum atomic E-state index is 13.3. The molecule has 1 aromatic carbocycles. The summed E-state index contributed by atoms with van der Waals surface area (Å²) in [6, 6.07) is 5.69. The van der Waals surface area contributed by atoms with Gasteiger partial charge in [0.15, 0.2) is 0 Å². The Hall–Kier alpha value is -1.26. The van der Waals surface area contributed by atoms with Gasteiger partial charge in [-0.3, -0.25) is 4.79 Å². The van der Waals surface area contributed by atoms with Crippen molar-refractivity contribution in [1.82, 2.24) is 4.90 Å². The Morgan fingerprint density at radius 2 is 1.89 bits per heavy atom. The fourth-order valence-corrected chi connectivity index (χ4v) is 4.97. The molecule has 0 spiro atoms. The van der Waals surface area contributed by atoms with E-state index in [9.17, 15) is 9.59 Å².